The van der Waals surface area contributed by atoms with Crippen LogP contribution in [0.15, 0.2) is 61.8 Å². The van der Waals surface area contributed by atoms with E-state index in [1.807, 2.05) is 6.07 Å². The average molecular weight is 343 g/mol. The van der Waals surface area contributed by atoms with Gasteiger partial charge in [0.15, 0.2) is 0 Å². The van der Waals surface area contributed by atoms with E-state index >= 15 is 0 Å². The summed E-state index contributed by atoms with van der Waals surface area (Å²) < 4.78 is 25.5. The molecule has 2 N–H and O–H groups in total. The summed E-state index contributed by atoms with van der Waals surface area (Å²) in [5, 5.41) is 18.1. The normalized spacial score (nSPS) is 11.3. The number of aromatic nitrogens is 2. The molecule has 9 heteroatoms. The van der Waals surface area contributed by atoms with Gasteiger partial charge in [0, 0.05) is 0 Å². The standard InChI is InChI=1S/C15H9N3O5S/c16-8-9-3-1-4-10(7-9)24(22,23)12-6-2-5-11-13(12)17-15(20)18(21)14(11)19/h1-7,21H,(H,17,20). The van der Waals surface area contributed by atoms with Gasteiger partial charge in [-0.25, -0.2) is 13.2 Å². The molecule has 0 amide bonds. The van der Waals surface area contributed by atoms with Crippen LogP contribution in [-0.2, 0) is 9.84 Å². The summed E-state index contributed by atoms with van der Waals surface area (Å²) in [6.45, 7) is 0. The van der Waals surface area contributed by atoms with Crippen molar-refractivity contribution < 1.29 is 13.6 Å². The lowest BCUT2D eigenvalue weighted by Crippen LogP contribution is -2.33. The first-order valence-corrected chi connectivity index (χ1v) is 8.07. The molecule has 0 aliphatic rings. The zero-order valence-electron chi connectivity index (χ0n) is 11.9. The third-order valence-electron chi connectivity index (χ3n) is 3.44. The summed E-state index contributed by atoms with van der Waals surface area (Å²) in [5.41, 5.74) is -2.24. The minimum absolute atomic E-state index is 0.130. The van der Waals surface area contributed by atoms with Crippen LogP contribution in [0.2, 0.25) is 0 Å². The average Bonchev–Trinajstić information content (AvgIpc) is 2.59. The maximum Gasteiger partial charge on any atom is 0.362 e. The monoisotopic (exact) mass is 343 g/mol. The van der Waals surface area contributed by atoms with Gasteiger partial charge in [0.1, 0.15) is 0 Å². The zero-order chi connectivity index (χ0) is 17.5. The minimum Gasteiger partial charge on any atom is -0.421 e. The van der Waals surface area contributed by atoms with Crippen LogP contribution in [0, 0.1) is 11.3 Å². The van der Waals surface area contributed by atoms with E-state index in [4.69, 9.17) is 5.26 Å². The van der Waals surface area contributed by atoms with Crippen molar-refractivity contribution in [1.82, 2.24) is 9.71 Å². The molecule has 0 fully saturated rings. The molecule has 0 bridgehead atoms. The van der Waals surface area contributed by atoms with Gasteiger partial charge in [-0.2, -0.15) is 5.26 Å². The van der Waals surface area contributed by atoms with Gasteiger partial charge in [0.2, 0.25) is 9.84 Å². The van der Waals surface area contributed by atoms with E-state index in [0.29, 0.717) is 0 Å². The number of nitrogens with zero attached hydrogens (tertiary/aromatic N) is 2. The Kier molecular flexibility index (Phi) is 3.47. The van der Waals surface area contributed by atoms with E-state index < -0.39 is 21.1 Å². The molecule has 0 radical (unpaired) electrons. The second-order valence-electron chi connectivity index (χ2n) is 4.87. The van der Waals surface area contributed by atoms with Gasteiger partial charge in [-0.3, -0.25) is 4.79 Å². The van der Waals surface area contributed by atoms with Crippen molar-refractivity contribution in [3.63, 3.8) is 0 Å². The van der Waals surface area contributed by atoms with Gasteiger partial charge in [-0.15, -0.1) is 0 Å². The molecule has 0 unspecified atom stereocenters. The summed E-state index contributed by atoms with van der Waals surface area (Å²) in [7, 11) is -4.10. The van der Waals surface area contributed by atoms with Crippen molar-refractivity contribution in [1.29, 1.82) is 5.26 Å². The Morgan fingerprint density at radius 1 is 1.12 bits per heavy atom. The smallest absolute Gasteiger partial charge is 0.362 e. The van der Waals surface area contributed by atoms with Crippen LogP contribution in [0.5, 0.6) is 0 Å². The van der Waals surface area contributed by atoms with Crippen molar-refractivity contribution >= 4 is 20.7 Å². The van der Waals surface area contributed by atoms with E-state index in [0.717, 1.165) is 0 Å². The van der Waals surface area contributed by atoms with E-state index in [9.17, 15) is 23.2 Å². The molecule has 0 spiro atoms. The molecule has 1 aromatic heterocycles. The molecule has 0 saturated heterocycles. The van der Waals surface area contributed by atoms with Crippen molar-refractivity contribution in [2.45, 2.75) is 9.79 Å². The van der Waals surface area contributed by atoms with Gasteiger partial charge in [0.25, 0.3) is 5.56 Å². The van der Waals surface area contributed by atoms with Crippen molar-refractivity contribution in [3.05, 3.63) is 68.9 Å². The maximum absolute atomic E-state index is 12.8. The predicted molar refractivity (Wildman–Crippen MR) is 82.6 cm³/mol. The van der Waals surface area contributed by atoms with Gasteiger partial charge in [0.05, 0.1) is 32.3 Å². The Hall–Kier alpha value is -3.38. The molecule has 120 valence electrons. The number of nitrogens with one attached hydrogen (secondary N) is 1. The fraction of sp³-hybridized carbons (Fsp3) is 0. The molecule has 0 aliphatic carbocycles. The third kappa shape index (κ3) is 2.26. The van der Waals surface area contributed by atoms with Gasteiger partial charge >= 0.3 is 5.69 Å². The van der Waals surface area contributed by atoms with Crippen molar-refractivity contribution in [2.24, 2.45) is 0 Å². The molecular weight excluding hydrogens is 334 g/mol. The van der Waals surface area contributed by atoms with Crippen molar-refractivity contribution in [2.75, 3.05) is 0 Å². The number of benzene rings is 2. The highest BCUT2D eigenvalue weighted by Gasteiger charge is 2.22. The largest absolute Gasteiger partial charge is 0.421 e. The summed E-state index contributed by atoms with van der Waals surface area (Å²) in [4.78, 5) is 25.2. The number of fused-ring (bicyclic) bond motifs is 1. The SMILES string of the molecule is N#Cc1cccc(S(=O)(=O)c2cccc3c(=O)n(O)c(=O)[nH]c23)c1. The predicted octanol–water partition coefficient (Wildman–Crippen LogP) is 0.632. The number of H-pyrrole nitrogens is 1. The summed E-state index contributed by atoms with van der Waals surface area (Å²) >= 11 is 0. The fourth-order valence-electron chi connectivity index (χ4n) is 2.29. The lowest BCUT2D eigenvalue weighted by Gasteiger charge is -2.08. The van der Waals surface area contributed by atoms with Gasteiger partial charge in [-0.05, 0) is 30.3 Å². The summed E-state index contributed by atoms with van der Waals surface area (Å²) in [5.74, 6) is 0. The van der Waals surface area contributed by atoms with Crippen LogP contribution >= 0.6 is 0 Å². The fourth-order valence-corrected chi connectivity index (χ4v) is 3.77. The van der Waals surface area contributed by atoms with Crippen LogP contribution in [0.3, 0.4) is 0 Å². The number of nitriles is 1. The highest BCUT2D eigenvalue weighted by atomic mass is 32.2. The quantitative estimate of drug-likeness (QED) is 0.656. The number of para-hydroxylation sites is 1. The molecule has 24 heavy (non-hydrogen) atoms. The third-order valence-corrected chi connectivity index (χ3v) is 5.23. The molecule has 0 atom stereocenters. The van der Waals surface area contributed by atoms with E-state index in [1.54, 1.807) is 0 Å². The first-order valence-electron chi connectivity index (χ1n) is 6.59. The molecule has 3 rings (SSSR count). The summed E-state index contributed by atoms with van der Waals surface area (Å²) in [6, 6.07) is 11.0. The molecule has 8 nitrogen and oxygen atoms in total. The Labute approximate surface area is 134 Å². The second-order valence-corrected chi connectivity index (χ2v) is 6.79. The lowest BCUT2D eigenvalue weighted by molar-refractivity contribution is 0.162. The number of aromatic amines is 1. The van der Waals surface area contributed by atoms with Crippen LogP contribution < -0.4 is 11.2 Å². The number of rotatable bonds is 2. The van der Waals surface area contributed by atoms with Crippen LogP contribution in [0.25, 0.3) is 10.9 Å². The van der Waals surface area contributed by atoms with Crippen LogP contribution in [-0.4, -0.2) is 23.3 Å². The Bertz CT molecular complexity index is 1230. The zero-order valence-corrected chi connectivity index (χ0v) is 12.7. The minimum atomic E-state index is -4.10. The Morgan fingerprint density at radius 3 is 2.54 bits per heavy atom. The number of hydrogen-bond donors (Lipinski definition) is 2. The maximum atomic E-state index is 12.8. The molecule has 0 aliphatic heterocycles. The molecule has 2 aromatic carbocycles. The van der Waals surface area contributed by atoms with Gasteiger partial charge < -0.3 is 10.2 Å². The van der Waals surface area contributed by atoms with Crippen LogP contribution in [0.4, 0.5) is 0 Å². The summed E-state index contributed by atoms with van der Waals surface area (Å²) in [6.07, 6.45) is 0. The number of sulfone groups is 1. The number of hydrogen-bond acceptors (Lipinski definition) is 6. The topological polar surface area (TPSA) is 133 Å². The van der Waals surface area contributed by atoms with E-state index in [-0.39, 0.29) is 31.0 Å². The Morgan fingerprint density at radius 2 is 1.83 bits per heavy atom. The van der Waals surface area contributed by atoms with E-state index in [2.05, 4.69) is 4.98 Å². The second kappa shape index (κ2) is 5.36. The first-order chi connectivity index (χ1) is 11.4. The lowest BCUT2D eigenvalue weighted by atomic mass is 10.2. The first kappa shape index (κ1) is 15.5. The van der Waals surface area contributed by atoms with Crippen molar-refractivity contribution in [3.8, 4) is 6.07 Å². The molecule has 1 heterocycles. The molecule has 0 saturated carbocycles. The highest BCUT2D eigenvalue weighted by Crippen LogP contribution is 2.25. The highest BCUT2D eigenvalue weighted by molar-refractivity contribution is 7.91. The van der Waals surface area contributed by atoms with E-state index in [1.165, 1.54) is 42.5 Å². The van der Waals surface area contributed by atoms with Crippen LogP contribution in [0.1, 0.15) is 5.56 Å². The Balaban J connectivity index is 2.40. The molecular formula is C15H9N3O5S. The molecule has 3 aromatic rings. The van der Waals surface area contributed by atoms with Gasteiger partial charge in [-0.1, -0.05) is 16.9 Å².